The maximum absolute atomic E-state index is 10.5. The first-order chi connectivity index (χ1) is 9.96. The first-order valence-electron chi connectivity index (χ1n) is 7.13. The van der Waals surface area contributed by atoms with Crippen LogP contribution < -0.4 is 5.32 Å². The summed E-state index contributed by atoms with van der Waals surface area (Å²) in [6.45, 7) is 6.90. The minimum absolute atomic E-state index is 0.518. The minimum Gasteiger partial charge on any atom is -0.388 e. The van der Waals surface area contributed by atoms with Crippen LogP contribution in [0.2, 0.25) is 10.0 Å². The van der Waals surface area contributed by atoms with Gasteiger partial charge in [-0.3, -0.25) is 4.90 Å². The molecule has 1 atom stereocenters. The fourth-order valence-corrected chi connectivity index (χ4v) is 2.74. The van der Waals surface area contributed by atoms with Crippen LogP contribution in [0, 0.1) is 0 Å². The monoisotopic (exact) mass is 332 g/mol. The SMILES string of the molecule is CC(O)(CNCc1ccc(Cl)c(Cl)c1)CN1CCOCC1. The summed E-state index contributed by atoms with van der Waals surface area (Å²) >= 11 is 11.9. The standard InChI is InChI=1S/C15H22Cl2N2O2/c1-15(20,11-19-4-6-21-7-5-19)10-18-9-12-2-3-13(16)14(17)8-12/h2-3,8,18,20H,4-7,9-11H2,1H3. The number of β-amino-alcohol motifs (C(OH)–C–C–N with tert-alkyl or cyclic N) is 1. The van der Waals surface area contributed by atoms with Gasteiger partial charge in [-0.25, -0.2) is 0 Å². The summed E-state index contributed by atoms with van der Waals surface area (Å²) in [5.41, 5.74) is 0.277. The average Bonchev–Trinajstić information content (AvgIpc) is 2.43. The first kappa shape index (κ1) is 17.0. The average molecular weight is 333 g/mol. The number of morpholine rings is 1. The molecule has 1 aliphatic rings. The van der Waals surface area contributed by atoms with Crippen molar-refractivity contribution in [2.75, 3.05) is 39.4 Å². The van der Waals surface area contributed by atoms with Gasteiger partial charge in [0.25, 0.3) is 0 Å². The van der Waals surface area contributed by atoms with Crippen molar-refractivity contribution in [3.8, 4) is 0 Å². The molecule has 1 aromatic carbocycles. The number of benzene rings is 1. The Labute approximate surface area is 136 Å². The van der Waals surface area contributed by atoms with Crippen LogP contribution in [0.15, 0.2) is 18.2 Å². The van der Waals surface area contributed by atoms with Crippen LogP contribution in [-0.2, 0) is 11.3 Å². The molecule has 118 valence electrons. The van der Waals surface area contributed by atoms with Crippen LogP contribution in [0.5, 0.6) is 0 Å². The zero-order valence-corrected chi connectivity index (χ0v) is 13.8. The molecule has 0 aliphatic carbocycles. The van der Waals surface area contributed by atoms with Crippen LogP contribution in [0.1, 0.15) is 12.5 Å². The van der Waals surface area contributed by atoms with E-state index in [0.717, 1.165) is 31.9 Å². The summed E-state index contributed by atoms with van der Waals surface area (Å²) < 4.78 is 5.31. The minimum atomic E-state index is -0.770. The number of rotatable bonds is 6. The molecule has 0 amide bonds. The predicted octanol–water partition coefficient (Wildman–Crippen LogP) is 2.17. The molecule has 2 rings (SSSR count). The molecule has 1 aromatic rings. The summed E-state index contributed by atoms with van der Waals surface area (Å²) in [6.07, 6.45) is 0. The second-order valence-electron chi connectivity index (χ2n) is 5.74. The fourth-order valence-electron chi connectivity index (χ4n) is 2.42. The molecule has 4 nitrogen and oxygen atoms in total. The molecule has 0 spiro atoms. The lowest BCUT2D eigenvalue weighted by molar-refractivity contribution is -0.0219. The number of hydrogen-bond acceptors (Lipinski definition) is 4. The van der Waals surface area contributed by atoms with Crippen LogP contribution in [-0.4, -0.2) is 55.0 Å². The van der Waals surface area contributed by atoms with E-state index in [1.54, 1.807) is 6.07 Å². The lowest BCUT2D eigenvalue weighted by atomic mass is 10.1. The van der Waals surface area contributed by atoms with E-state index in [4.69, 9.17) is 27.9 Å². The number of halogens is 2. The molecule has 1 unspecified atom stereocenters. The summed E-state index contributed by atoms with van der Waals surface area (Å²) in [5, 5.41) is 14.8. The number of ether oxygens (including phenoxy) is 1. The van der Waals surface area contributed by atoms with Crippen molar-refractivity contribution in [1.29, 1.82) is 0 Å². The van der Waals surface area contributed by atoms with E-state index in [1.165, 1.54) is 0 Å². The zero-order valence-electron chi connectivity index (χ0n) is 12.2. The van der Waals surface area contributed by atoms with Gasteiger partial charge in [-0.2, -0.15) is 0 Å². The van der Waals surface area contributed by atoms with E-state index < -0.39 is 5.60 Å². The highest BCUT2D eigenvalue weighted by Gasteiger charge is 2.24. The van der Waals surface area contributed by atoms with Crippen molar-refractivity contribution in [3.63, 3.8) is 0 Å². The molecule has 2 N–H and O–H groups in total. The quantitative estimate of drug-likeness (QED) is 0.838. The van der Waals surface area contributed by atoms with Gasteiger partial charge in [0.1, 0.15) is 0 Å². The van der Waals surface area contributed by atoms with E-state index >= 15 is 0 Å². The van der Waals surface area contributed by atoms with E-state index in [1.807, 2.05) is 19.1 Å². The van der Waals surface area contributed by atoms with Crippen molar-refractivity contribution < 1.29 is 9.84 Å². The Morgan fingerprint density at radius 2 is 2.00 bits per heavy atom. The molecule has 1 aliphatic heterocycles. The molecule has 1 saturated heterocycles. The normalized spacial score (nSPS) is 19.4. The summed E-state index contributed by atoms with van der Waals surface area (Å²) in [5.74, 6) is 0. The van der Waals surface area contributed by atoms with Crippen LogP contribution in [0.25, 0.3) is 0 Å². The van der Waals surface area contributed by atoms with E-state index in [-0.39, 0.29) is 0 Å². The smallest absolute Gasteiger partial charge is 0.0869 e. The Balaban J connectivity index is 1.76. The molecule has 0 aromatic heterocycles. The molecule has 1 heterocycles. The number of nitrogens with one attached hydrogen (secondary N) is 1. The van der Waals surface area contributed by atoms with Gasteiger partial charge in [0.15, 0.2) is 0 Å². The Bertz CT molecular complexity index is 463. The van der Waals surface area contributed by atoms with E-state index in [2.05, 4.69) is 10.2 Å². The highest BCUT2D eigenvalue weighted by molar-refractivity contribution is 6.42. The molecule has 0 radical (unpaired) electrons. The van der Waals surface area contributed by atoms with Gasteiger partial charge in [-0.15, -0.1) is 0 Å². The third kappa shape index (κ3) is 5.74. The summed E-state index contributed by atoms with van der Waals surface area (Å²) in [4.78, 5) is 2.23. The number of hydrogen-bond donors (Lipinski definition) is 2. The molecular weight excluding hydrogens is 311 g/mol. The van der Waals surface area contributed by atoms with Crippen molar-refractivity contribution in [3.05, 3.63) is 33.8 Å². The van der Waals surface area contributed by atoms with Gasteiger partial charge in [-0.05, 0) is 24.6 Å². The van der Waals surface area contributed by atoms with Gasteiger partial charge in [-0.1, -0.05) is 29.3 Å². The number of nitrogens with zero attached hydrogens (tertiary/aromatic N) is 1. The third-order valence-corrected chi connectivity index (χ3v) is 4.23. The topological polar surface area (TPSA) is 44.7 Å². The highest BCUT2D eigenvalue weighted by atomic mass is 35.5. The van der Waals surface area contributed by atoms with Crippen LogP contribution in [0.3, 0.4) is 0 Å². The zero-order chi connectivity index (χ0) is 15.3. The first-order valence-corrected chi connectivity index (χ1v) is 7.89. The van der Waals surface area contributed by atoms with Gasteiger partial charge < -0.3 is 15.2 Å². The van der Waals surface area contributed by atoms with Gasteiger partial charge in [0.2, 0.25) is 0 Å². The summed E-state index contributed by atoms with van der Waals surface area (Å²) in [7, 11) is 0. The van der Waals surface area contributed by atoms with Crippen LogP contribution >= 0.6 is 23.2 Å². The Hall–Kier alpha value is -0.360. The molecule has 1 fully saturated rings. The van der Waals surface area contributed by atoms with Gasteiger partial charge in [0.05, 0.1) is 28.9 Å². The van der Waals surface area contributed by atoms with Crippen molar-refractivity contribution in [2.45, 2.75) is 19.1 Å². The lowest BCUT2D eigenvalue weighted by Crippen LogP contribution is -2.50. The molecular formula is C15H22Cl2N2O2. The number of aliphatic hydroxyl groups is 1. The third-order valence-electron chi connectivity index (χ3n) is 3.49. The van der Waals surface area contributed by atoms with Gasteiger partial charge in [0, 0.05) is 32.7 Å². The Morgan fingerprint density at radius 3 is 2.67 bits per heavy atom. The van der Waals surface area contributed by atoms with Crippen molar-refractivity contribution >= 4 is 23.2 Å². The van der Waals surface area contributed by atoms with Gasteiger partial charge >= 0.3 is 0 Å². The molecule has 6 heteroatoms. The van der Waals surface area contributed by atoms with E-state index in [9.17, 15) is 5.11 Å². The molecule has 0 bridgehead atoms. The van der Waals surface area contributed by atoms with Crippen molar-refractivity contribution in [2.24, 2.45) is 0 Å². The van der Waals surface area contributed by atoms with Crippen LogP contribution in [0.4, 0.5) is 0 Å². The molecule has 0 saturated carbocycles. The maximum Gasteiger partial charge on any atom is 0.0869 e. The maximum atomic E-state index is 10.5. The second-order valence-corrected chi connectivity index (χ2v) is 6.55. The predicted molar refractivity (Wildman–Crippen MR) is 86.1 cm³/mol. The largest absolute Gasteiger partial charge is 0.388 e. The van der Waals surface area contributed by atoms with E-state index in [0.29, 0.717) is 29.7 Å². The molecule has 21 heavy (non-hydrogen) atoms. The van der Waals surface area contributed by atoms with Crippen molar-refractivity contribution in [1.82, 2.24) is 10.2 Å². The second kappa shape index (κ2) is 7.77. The fraction of sp³-hybridized carbons (Fsp3) is 0.600. The lowest BCUT2D eigenvalue weighted by Gasteiger charge is -2.34. The summed E-state index contributed by atoms with van der Waals surface area (Å²) in [6, 6.07) is 5.55. The highest BCUT2D eigenvalue weighted by Crippen LogP contribution is 2.22. The Morgan fingerprint density at radius 1 is 1.29 bits per heavy atom. The Kier molecular flexibility index (Phi) is 6.29.